The molecule has 2 nitrogen and oxygen atoms in total. The molecule has 1 saturated heterocycles. The Bertz CT molecular complexity index is 267. The molecular formula is C9H12N2S2. The van der Waals surface area contributed by atoms with E-state index in [1.54, 1.807) is 0 Å². The smallest absolute Gasteiger partial charge is 0.0656 e. The van der Waals surface area contributed by atoms with Gasteiger partial charge in [0.15, 0.2) is 0 Å². The minimum absolute atomic E-state index is 0.834. The quantitative estimate of drug-likeness (QED) is 0.724. The average molecular weight is 212 g/mol. The first kappa shape index (κ1) is 9.09. The summed E-state index contributed by atoms with van der Waals surface area (Å²) in [6.45, 7) is 0. The molecule has 70 valence electrons. The number of rotatable bonds is 1. The van der Waals surface area contributed by atoms with Crippen molar-refractivity contribution >= 4 is 34.9 Å². The summed E-state index contributed by atoms with van der Waals surface area (Å²) in [6, 6.07) is 8.09. The number of anilines is 2. The van der Waals surface area contributed by atoms with Crippen LogP contribution in [0.2, 0.25) is 0 Å². The Morgan fingerprint density at radius 1 is 1.08 bits per heavy atom. The van der Waals surface area contributed by atoms with E-state index in [2.05, 4.69) is 17.0 Å². The predicted octanol–water partition coefficient (Wildman–Crippen LogP) is 2.43. The maximum atomic E-state index is 5.63. The SMILES string of the molecule is Nc1ccc(N2CSCSC2)cc1. The highest BCUT2D eigenvalue weighted by atomic mass is 32.2. The Kier molecular flexibility index (Phi) is 2.90. The normalized spacial score (nSPS) is 17.4. The maximum Gasteiger partial charge on any atom is 0.0656 e. The van der Waals surface area contributed by atoms with Gasteiger partial charge in [0, 0.05) is 16.5 Å². The molecule has 0 spiro atoms. The lowest BCUT2D eigenvalue weighted by Crippen LogP contribution is -2.25. The van der Waals surface area contributed by atoms with Crippen molar-refractivity contribution in [2.45, 2.75) is 0 Å². The van der Waals surface area contributed by atoms with Gasteiger partial charge in [0.1, 0.15) is 0 Å². The topological polar surface area (TPSA) is 29.3 Å². The van der Waals surface area contributed by atoms with E-state index in [4.69, 9.17) is 5.73 Å². The molecule has 1 aliphatic rings. The zero-order chi connectivity index (χ0) is 9.10. The minimum Gasteiger partial charge on any atom is -0.399 e. The average Bonchev–Trinajstić information content (AvgIpc) is 2.20. The molecule has 1 heterocycles. The minimum atomic E-state index is 0.834. The largest absolute Gasteiger partial charge is 0.399 e. The first-order chi connectivity index (χ1) is 6.36. The van der Waals surface area contributed by atoms with Gasteiger partial charge in [-0.1, -0.05) is 0 Å². The lowest BCUT2D eigenvalue weighted by Gasteiger charge is -2.27. The summed E-state index contributed by atoms with van der Waals surface area (Å²) in [7, 11) is 0. The van der Waals surface area contributed by atoms with E-state index >= 15 is 0 Å². The Hall–Kier alpha value is -0.480. The van der Waals surface area contributed by atoms with Crippen LogP contribution in [0.3, 0.4) is 0 Å². The molecule has 1 aromatic carbocycles. The molecule has 0 atom stereocenters. The van der Waals surface area contributed by atoms with E-state index in [1.807, 2.05) is 35.7 Å². The fourth-order valence-corrected chi connectivity index (χ4v) is 3.33. The maximum absolute atomic E-state index is 5.63. The van der Waals surface area contributed by atoms with Crippen molar-refractivity contribution in [1.29, 1.82) is 0 Å². The van der Waals surface area contributed by atoms with Gasteiger partial charge in [-0.15, -0.1) is 23.5 Å². The third-order valence-electron chi connectivity index (χ3n) is 1.92. The van der Waals surface area contributed by atoms with Crippen LogP contribution in [0, 0.1) is 0 Å². The lowest BCUT2D eigenvalue weighted by atomic mass is 10.3. The first-order valence-corrected chi connectivity index (χ1v) is 6.43. The zero-order valence-electron chi connectivity index (χ0n) is 7.27. The standard InChI is InChI=1S/C9H12N2S2/c10-8-1-3-9(4-2-8)11-5-12-7-13-6-11/h1-4H,5-7,10H2. The van der Waals surface area contributed by atoms with E-state index < -0.39 is 0 Å². The Balaban J connectivity index is 2.10. The molecule has 2 rings (SSSR count). The molecule has 0 saturated carbocycles. The van der Waals surface area contributed by atoms with Crippen molar-refractivity contribution in [3.05, 3.63) is 24.3 Å². The highest BCUT2D eigenvalue weighted by Crippen LogP contribution is 2.27. The highest BCUT2D eigenvalue weighted by Gasteiger charge is 2.10. The number of nitrogens with zero attached hydrogens (tertiary/aromatic N) is 1. The summed E-state index contributed by atoms with van der Waals surface area (Å²) < 4.78 is 0. The number of hydrogen-bond acceptors (Lipinski definition) is 4. The summed E-state index contributed by atoms with van der Waals surface area (Å²) in [5.41, 5.74) is 7.73. The molecule has 1 aromatic rings. The van der Waals surface area contributed by atoms with Gasteiger partial charge >= 0.3 is 0 Å². The van der Waals surface area contributed by atoms with Gasteiger partial charge in [0.2, 0.25) is 0 Å². The molecule has 1 aliphatic heterocycles. The van der Waals surface area contributed by atoms with E-state index in [-0.39, 0.29) is 0 Å². The van der Waals surface area contributed by atoms with Crippen LogP contribution in [-0.2, 0) is 0 Å². The molecule has 0 amide bonds. The summed E-state index contributed by atoms with van der Waals surface area (Å²) >= 11 is 3.92. The van der Waals surface area contributed by atoms with Gasteiger partial charge in [0.25, 0.3) is 0 Å². The van der Waals surface area contributed by atoms with Gasteiger partial charge in [-0.2, -0.15) is 0 Å². The molecule has 1 fully saturated rings. The van der Waals surface area contributed by atoms with Gasteiger partial charge < -0.3 is 10.6 Å². The Morgan fingerprint density at radius 2 is 1.69 bits per heavy atom. The zero-order valence-corrected chi connectivity index (χ0v) is 8.90. The molecule has 13 heavy (non-hydrogen) atoms. The van der Waals surface area contributed by atoms with Crippen LogP contribution in [0.15, 0.2) is 24.3 Å². The van der Waals surface area contributed by atoms with Crippen molar-refractivity contribution < 1.29 is 0 Å². The van der Waals surface area contributed by atoms with Crippen LogP contribution in [0.4, 0.5) is 11.4 Å². The highest BCUT2D eigenvalue weighted by molar-refractivity contribution is 8.16. The van der Waals surface area contributed by atoms with E-state index in [1.165, 1.54) is 10.8 Å². The van der Waals surface area contributed by atoms with Crippen molar-refractivity contribution in [2.75, 3.05) is 27.5 Å². The van der Waals surface area contributed by atoms with Crippen LogP contribution in [0.25, 0.3) is 0 Å². The summed E-state index contributed by atoms with van der Waals surface area (Å²) in [6.07, 6.45) is 0. The van der Waals surface area contributed by atoms with Crippen LogP contribution in [-0.4, -0.2) is 16.8 Å². The van der Waals surface area contributed by atoms with Crippen LogP contribution >= 0.6 is 23.5 Å². The predicted molar refractivity (Wildman–Crippen MR) is 63.1 cm³/mol. The third-order valence-corrected chi connectivity index (χ3v) is 4.24. The van der Waals surface area contributed by atoms with Gasteiger partial charge in [0.05, 0.1) is 11.8 Å². The Morgan fingerprint density at radius 3 is 2.31 bits per heavy atom. The fourth-order valence-electron chi connectivity index (χ4n) is 1.23. The molecule has 0 aromatic heterocycles. The number of nitrogen functional groups attached to an aromatic ring is 1. The lowest BCUT2D eigenvalue weighted by molar-refractivity contribution is 1.06. The molecule has 0 unspecified atom stereocenters. The second-order valence-corrected chi connectivity index (χ2v) is 5.19. The van der Waals surface area contributed by atoms with Crippen molar-refractivity contribution in [1.82, 2.24) is 0 Å². The number of hydrogen-bond donors (Lipinski definition) is 1. The molecular weight excluding hydrogens is 200 g/mol. The fraction of sp³-hybridized carbons (Fsp3) is 0.333. The number of benzene rings is 1. The molecule has 4 heteroatoms. The monoisotopic (exact) mass is 212 g/mol. The van der Waals surface area contributed by atoms with Crippen LogP contribution in [0.5, 0.6) is 0 Å². The molecule has 0 radical (unpaired) electrons. The molecule has 0 aliphatic carbocycles. The first-order valence-electron chi connectivity index (χ1n) is 4.12. The van der Waals surface area contributed by atoms with Crippen LogP contribution < -0.4 is 10.6 Å². The van der Waals surface area contributed by atoms with Crippen molar-refractivity contribution in [3.63, 3.8) is 0 Å². The Labute approximate surface area is 86.9 Å². The number of nitrogens with two attached hydrogens (primary N) is 1. The third kappa shape index (κ3) is 2.25. The molecule has 2 N–H and O–H groups in total. The van der Waals surface area contributed by atoms with Gasteiger partial charge in [-0.3, -0.25) is 0 Å². The summed E-state index contributed by atoms with van der Waals surface area (Å²) in [4.78, 5) is 2.36. The second kappa shape index (κ2) is 4.15. The van der Waals surface area contributed by atoms with Crippen molar-refractivity contribution in [3.8, 4) is 0 Å². The van der Waals surface area contributed by atoms with E-state index in [9.17, 15) is 0 Å². The van der Waals surface area contributed by atoms with Gasteiger partial charge in [-0.05, 0) is 24.3 Å². The second-order valence-electron chi connectivity index (χ2n) is 2.92. The van der Waals surface area contributed by atoms with E-state index in [0.717, 1.165) is 17.4 Å². The number of thioether (sulfide) groups is 2. The summed E-state index contributed by atoms with van der Waals surface area (Å²) in [5.74, 6) is 2.19. The van der Waals surface area contributed by atoms with E-state index in [0.29, 0.717) is 0 Å². The van der Waals surface area contributed by atoms with Gasteiger partial charge in [-0.25, -0.2) is 0 Å². The van der Waals surface area contributed by atoms with Crippen LogP contribution in [0.1, 0.15) is 0 Å². The molecule has 0 bridgehead atoms. The van der Waals surface area contributed by atoms with Crippen molar-refractivity contribution in [2.24, 2.45) is 0 Å². The summed E-state index contributed by atoms with van der Waals surface area (Å²) in [5, 5.41) is 1.21.